The molecule has 0 aliphatic heterocycles. The Morgan fingerprint density at radius 2 is 2.00 bits per heavy atom. The third-order valence-electron chi connectivity index (χ3n) is 4.07. The third kappa shape index (κ3) is 5.81. The third-order valence-corrected chi connectivity index (χ3v) is 4.07. The number of carbonyl (C=O) groups excluding carboxylic acids is 2. The summed E-state index contributed by atoms with van der Waals surface area (Å²) < 4.78 is 16.2. The zero-order chi connectivity index (χ0) is 22.1. The summed E-state index contributed by atoms with van der Waals surface area (Å²) in [6.07, 6.45) is 5.91. The summed E-state index contributed by atoms with van der Waals surface area (Å²) in [5, 5.41) is 12.0. The Labute approximate surface area is 178 Å². The molecule has 1 aromatic carbocycles. The highest BCUT2D eigenvalue weighted by Crippen LogP contribution is 2.30. The van der Waals surface area contributed by atoms with Crippen molar-refractivity contribution in [1.29, 1.82) is 5.26 Å². The summed E-state index contributed by atoms with van der Waals surface area (Å²) >= 11 is 0. The molecule has 0 aliphatic rings. The minimum absolute atomic E-state index is 0.0875. The quantitative estimate of drug-likeness (QED) is 0.258. The number of carbonyl (C=O) groups is 2. The van der Waals surface area contributed by atoms with Crippen LogP contribution in [0.25, 0.3) is 6.08 Å². The van der Waals surface area contributed by atoms with E-state index >= 15 is 0 Å². The van der Waals surface area contributed by atoms with Gasteiger partial charge in [0.2, 0.25) is 0 Å². The molecule has 0 spiro atoms. The number of esters is 1. The Morgan fingerprint density at radius 3 is 2.68 bits per heavy atom. The van der Waals surface area contributed by atoms with Crippen molar-refractivity contribution in [3.05, 3.63) is 83.6 Å². The number of nitriles is 1. The van der Waals surface area contributed by atoms with E-state index in [0.717, 1.165) is 0 Å². The number of hydrogen-bond acceptors (Lipinski definition) is 7. The van der Waals surface area contributed by atoms with Crippen molar-refractivity contribution in [3.8, 4) is 17.6 Å². The van der Waals surface area contributed by atoms with Crippen molar-refractivity contribution < 1.29 is 23.5 Å². The number of pyridine rings is 1. The molecule has 31 heavy (non-hydrogen) atoms. The number of amides is 1. The van der Waals surface area contributed by atoms with Crippen LogP contribution in [0.4, 0.5) is 0 Å². The van der Waals surface area contributed by atoms with Crippen molar-refractivity contribution in [2.75, 3.05) is 6.61 Å². The largest absolute Gasteiger partial charge is 0.490 e. The van der Waals surface area contributed by atoms with Crippen LogP contribution in [0.15, 0.2) is 71.1 Å². The number of nitrogens with one attached hydrogen (secondary N) is 1. The van der Waals surface area contributed by atoms with Gasteiger partial charge in [0, 0.05) is 12.4 Å². The lowest BCUT2D eigenvalue weighted by molar-refractivity contribution is -0.117. The van der Waals surface area contributed by atoms with Gasteiger partial charge in [0.05, 0.1) is 25.0 Å². The van der Waals surface area contributed by atoms with E-state index in [-0.39, 0.29) is 17.9 Å². The van der Waals surface area contributed by atoms with Crippen LogP contribution in [0.3, 0.4) is 0 Å². The monoisotopic (exact) mass is 417 g/mol. The molecular weight excluding hydrogens is 398 g/mol. The standard InChI is InChI=1S/C23H19N3O5/c1-2-29-21-13-16(5-6-20(21)31-23(28)17-7-9-25-10-8-17)12-18(14-24)22(27)26-15-19-4-3-11-30-19/h3-13H,2,15H2,1H3,(H,26,27)/b18-12+. The lowest BCUT2D eigenvalue weighted by Gasteiger charge is -2.11. The average molecular weight is 417 g/mol. The number of hydrogen-bond donors (Lipinski definition) is 1. The smallest absolute Gasteiger partial charge is 0.343 e. The average Bonchev–Trinajstić information content (AvgIpc) is 3.32. The maximum Gasteiger partial charge on any atom is 0.343 e. The fourth-order valence-corrected chi connectivity index (χ4v) is 2.60. The van der Waals surface area contributed by atoms with E-state index in [4.69, 9.17) is 13.9 Å². The van der Waals surface area contributed by atoms with Gasteiger partial charge in [-0.05, 0) is 55.0 Å². The molecule has 8 heteroatoms. The van der Waals surface area contributed by atoms with Gasteiger partial charge in [0.1, 0.15) is 17.4 Å². The zero-order valence-electron chi connectivity index (χ0n) is 16.7. The Hall–Kier alpha value is -4.38. The molecule has 2 aromatic heterocycles. The Bertz CT molecular complexity index is 1120. The first-order valence-corrected chi connectivity index (χ1v) is 9.42. The predicted octanol–water partition coefficient (Wildman–Crippen LogP) is 3.52. The van der Waals surface area contributed by atoms with Crippen molar-refractivity contribution in [2.45, 2.75) is 13.5 Å². The second kappa shape index (κ2) is 10.4. The van der Waals surface area contributed by atoms with Gasteiger partial charge in [-0.2, -0.15) is 5.26 Å². The molecule has 1 N–H and O–H groups in total. The fourth-order valence-electron chi connectivity index (χ4n) is 2.60. The Kier molecular flexibility index (Phi) is 7.16. The lowest BCUT2D eigenvalue weighted by Crippen LogP contribution is -2.23. The number of aromatic nitrogens is 1. The summed E-state index contributed by atoms with van der Waals surface area (Å²) in [6.45, 7) is 2.29. The Morgan fingerprint density at radius 1 is 1.19 bits per heavy atom. The highest BCUT2D eigenvalue weighted by atomic mass is 16.6. The fraction of sp³-hybridized carbons (Fsp3) is 0.130. The molecule has 0 bridgehead atoms. The van der Waals surface area contributed by atoms with E-state index in [9.17, 15) is 14.9 Å². The van der Waals surface area contributed by atoms with Crippen LogP contribution in [-0.2, 0) is 11.3 Å². The summed E-state index contributed by atoms with van der Waals surface area (Å²) in [7, 11) is 0. The minimum Gasteiger partial charge on any atom is -0.490 e. The van der Waals surface area contributed by atoms with Gasteiger partial charge in [0.25, 0.3) is 5.91 Å². The first-order chi connectivity index (χ1) is 15.1. The SMILES string of the molecule is CCOc1cc(/C=C(\C#N)C(=O)NCc2ccco2)ccc1OC(=O)c1ccncc1. The van der Waals surface area contributed by atoms with Crippen LogP contribution in [0.1, 0.15) is 28.6 Å². The van der Waals surface area contributed by atoms with Crippen molar-refractivity contribution in [3.63, 3.8) is 0 Å². The number of nitrogens with zero attached hydrogens (tertiary/aromatic N) is 2. The summed E-state index contributed by atoms with van der Waals surface area (Å²) in [5.41, 5.74) is 0.800. The van der Waals surface area contributed by atoms with Crippen LogP contribution in [0.5, 0.6) is 11.5 Å². The number of ether oxygens (including phenoxy) is 2. The highest BCUT2D eigenvalue weighted by molar-refractivity contribution is 6.01. The predicted molar refractivity (Wildman–Crippen MR) is 111 cm³/mol. The minimum atomic E-state index is -0.554. The van der Waals surface area contributed by atoms with Gasteiger partial charge in [-0.1, -0.05) is 6.07 Å². The molecule has 0 unspecified atom stereocenters. The molecular formula is C23H19N3O5. The van der Waals surface area contributed by atoms with Crippen LogP contribution >= 0.6 is 0 Å². The van der Waals surface area contributed by atoms with Gasteiger partial charge in [-0.3, -0.25) is 9.78 Å². The first kappa shape index (κ1) is 21.3. The van der Waals surface area contributed by atoms with Crippen molar-refractivity contribution >= 4 is 18.0 Å². The number of furan rings is 1. The highest BCUT2D eigenvalue weighted by Gasteiger charge is 2.14. The van der Waals surface area contributed by atoms with Crippen LogP contribution in [-0.4, -0.2) is 23.5 Å². The molecule has 0 atom stereocenters. The molecule has 3 aromatic rings. The van der Waals surface area contributed by atoms with E-state index < -0.39 is 11.9 Å². The second-order valence-electron chi connectivity index (χ2n) is 6.20. The number of rotatable bonds is 8. The van der Waals surface area contributed by atoms with E-state index in [0.29, 0.717) is 29.2 Å². The maximum absolute atomic E-state index is 12.3. The lowest BCUT2D eigenvalue weighted by atomic mass is 10.1. The summed E-state index contributed by atoms with van der Waals surface area (Å²) in [6, 6.07) is 13.2. The molecule has 0 aliphatic carbocycles. The van der Waals surface area contributed by atoms with Gasteiger partial charge < -0.3 is 19.2 Å². The molecule has 0 saturated heterocycles. The maximum atomic E-state index is 12.3. The van der Waals surface area contributed by atoms with Crippen LogP contribution in [0.2, 0.25) is 0 Å². The zero-order valence-corrected chi connectivity index (χ0v) is 16.7. The van der Waals surface area contributed by atoms with Crippen molar-refractivity contribution in [2.24, 2.45) is 0 Å². The van der Waals surface area contributed by atoms with E-state index in [1.807, 2.05) is 6.07 Å². The normalized spacial score (nSPS) is 10.8. The topological polar surface area (TPSA) is 114 Å². The van der Waals surface area contributed by atoms with Crippen molar-refractivity contribution in [1.82, 2.24) is 10.3 Å². The summed E-state index contributed by atoms with van der Waals surface area (Å²) in [4.78, 5) is 28.5. The van der Waals surface area contributed by atoms with Gasteiger partial charge in [-0.15, -0.1) is 0 Å². The summed E-state index contributed by atoms with van der Waals surface area (Å²) in [5.74, 6) is 0.0184. The van der Waals surface area contributed by atoms with Gasteiger partial charge in [-0.25, -0.2) is 4.79 Å². The molecule has 156 valence electrons. The van der Waals surface area contributed by atoms with Crippen LogP contribution in [0, 0.1) is 11.3 Å². The molecule has 0 saturated carbocycles. The van der Waals surface area contributed by atoms with Crippen LogP contribution < -0.4 is 14.8 Å². The van der Waals surface area contributed by atoms with E-state index in [1.165, 1.54) is 24.7 Å². The van der Waals surface area contributed by atoms with E-state index in [2.05, 4.69) is 10.3 Å². The van der Waals surface area contributed by atoms with Gasteiger partial charge in [0.15, 0.2) is 11.5 Å². The van der Waals surface area contributed by atoms with E-state index in [1.54, 1.807) is 49.4 Å². The Balaban J connectivity index is 1.77. The molecule has 8 nitrogen and oxygen atoms in total. The molecule has 1 amide bonds. The first-order valence-electron chi connectivity index (χ1n) is 9.42. The molecule has 3 rings (SSSR count). The molecule has 0 fully saturated rings. The second-order valence-corrected chi connectivity index (χ2v) is 6.20. The molecule has 0 radical (unpaired) electrons. The van der Waals surface area contributed by atoms with Gasteiger partial charge >= 0.3 is 5.97 Å². The number of benzene rings is 1. The molecule has 2 heterocycles.